The normalized spacial score (nSPS) is 16.2. The van der Waals surface area contributed by atoms with Gasteiger partial charge in [-0.1, -0.05) is 187 Å². The lowest BCUT2D eigenvalue weighted by atomic mass is 9.90. The first-order valence-electron chi connectivity index (χ1n) is 45.2. The summed E-state index contributed by atoms with van der Waals surface area (Å²) in [5, 5.41) is 55.4. The van der Waals surface area contributed by atoms with Crippen LogP contribution in [-0.4, -0.2) is 202 Å². The van der Waals surface area contributed by atoms with Gasteiger partial charge in [-0.3, -0.25) is 53.3 Å². The number of carbonyl (C=O) groups is 13. The molecular formula is C99H123N13O19. The first kappa shape index (κ1) is 98.3. The van der Waals surface area contributed by atoms with E-state index in [2.05, 4.69) is 53.2 Å². The van der Waals surface area contributed by atoms with Crippen LogP contribution >= 0.6 is 0 Å². The molecule has 8 aromatic rings. The van der Waals surface area contributed by atoms with Gasteiger partial charge in [0.2, 0.25) is 53.2 Å². The number of hydrogen-bond acceptors (Lipinski definition) is 18. The van der Waals surface area contributed by atoms with Gasteiger partial charge in [0.1, 0.15) is 78.2 Å². The van der Waals surface area contributed by atoms with E-state index in [1.165, 1.54) is 34.1 Å². The Morgan fingerprint density at radius 2 is 0.893 bits per heavy atom. The number of aliphatic carboxylic acids is 1. The molecule has 0 spiro atoms. The molecule has 1 aliphatic carbocycles. The topological polar surface area (TPSA) is 440 Å². The largest absolute Gasteiger partial charge is 0.480 e. The van der Waals surface area contributed by atoms with Crippen molar-refractivity contribution >= 4 is 115 Å². The van der Waals surface area contributed by atoms with E-state index in [-0.39, 0.29) is 127 Å². The smallest absolute Gasteiger partial charge is 0.407 e. The van der Waals surface area contributed by atoms with Crippen molar-refractivity contribution in [3.05, 3.63) is 196 Å². The van der Waals surface area contributed by atoms with Gasteiger partial charge in [0.05, 0.1) is 4.92 Å². The number of hydrogen-bond donors (Lipinski definition) is 11. The van der Waals surface area contributed by atoms with E-state index in [4.69, 9.17) is 14.2 Å². The average molecular weight is 1800 g/mol. The van der Waals surface area contributed by atoms with Gasteiger partial charge in [-0.15, -0.1) is 0 Å². The Morgan fingerprint density at radius 1 is 0.450 bits per heavy atom. The zero-order valence-corrected chi connectivity index (χ0v) is 76.5. The highest BCUT2D eigenvalue weighted by atomic mass is 16.6. The van der Waals surface area contributed by atoms with Crippen LogP contribution in [0.2, 0.25) is 0 Å². The number of benzene rings is 8. The fourth-order valence-electron chi connectivity index (χ4n) is 17.4. The van der Waals surface area contributed by atoms with Gasteiger partial charge in [-0.05, 0) is 195 Å². The number of amides is 12. The third-order valence-electron chi connectivity index (χ3n) is 23.6. The van der Waals surface area contributed by atoms with Crippen molar-refractivity contribution in [2.45, 2.75) is 244 Å². The Balaban J connectivity index is 0.861. The van der Waals surface area contributed by atoms with E-state index in [9.17, 15) is 44.0 Å². The average Bonchev–Trinajstić information content (AvgIpc) is 1.61. The quantitative estimate of drug-likeness (QED) is 0.00558. The second-order valence-electron chi connectivity index (χ2n) is 37.3. The summed E-state index contributed by atoms with van der Waals surface area (Å²) < 4.78 is 16.8. The molecule has 12 amide bonds. The molecule has 8 aromatic carbocycles. The molecule has 2 saturated heterocycles. The molecule has 131 heavy (non-hydrogen) atoms. The minimum atomic E-state index is -1.58. The molecule has 0 aromatic heterocycles. The lowest BCUT2D eigenvalue weighted by molar-refractivity contribution is -0.384. The first-order chi connectivity index (χ1) is 62.3. The number of nitrogens with one attached hydrogen (secondary N) is 10. The van der Waals surface area contributed by atoms with Crippen LogP contribution < -0.4 is 53.2 Å². The van der Waals surface area contributed by atoms with Crippen LogP contribution in [-0.2, 0) is 81.4 Å². The third kappa shape index (κ3) is 26.5. The van der Waals surface area contributed by atoms with E-state index in [1.54, 1.807) is 113 Å². The maximum absolute atomic E-state index is 16.0. The highest BCUT2D eigenvalue weighted by Gasteiger charge is 2.44. The Hall–Kier alpha value is -13.3. The van der Waals surface area contributed by atoms with Crippen LogP contribution in [0.25, 0.3) is 43.4 Å². The number of nitro benzene ring substituents is 1. The summed E-state index contributed by atoms with van der Waals surface area (Å²) in [6, 6.07) is 33.8. The van der Waals surface area contributed by atoms with E-state index in [1.807, 2.05) is 103 Å². The lowest BCUT2D eigenvalue weighted by Gasteiger charge is -2.32. The molecule has 11 rings (SSSR count). The van der Waals surface area contributed by atoms with Crippen LogP contribution in [0, 0.1) is 27.9 Å². The Morgan fingerprint density at radius 3 is 1.42 bits per heavy atom. The summed E-state index contributed by atoms with van der Waals surface area (Å²) in [6.07, 6.45) is -2.21. The van der Waals surface area contributed by atoms with Gasteiger partial charge in [0.15, 0.2) is 0 Å². The second kappa shape index (κ2) is 44.3. The summed E-state index contributed by atoms with van der Waals surface area (Å²) in [5.74, 6) is -9.89. The number of nitrogens with zero attached hydrogens (tertiary/aromatic N) is 3. The fraction of sp³-hybridized carbons (Fsp3) is 0.465. The predicted molar refractivity (Wildman–Crippen MR) is 494 cm³/mol. The highest BCUT2D eigenvalue weighted by molar-refractivity contribution is 6.23. The van der Waals surface area contributed by atoms with Crippen LogP contribution in [0.15, 0.2) is 158 Å². The van der Waals surface area contributed by atoms with Crippen molar-refractivity contribution in [1.82, 2.24) is 63.0 Å². The molecule has 2 fully saturated rings. The van der Waals surface area contributed by atoms with E-state index < -0.39 is 160 Å². The molecule has 0 saturated carbocycles. The minimum Gasteiger partial charge on any atom is -0.480 e. The molecule has 32 heteroatoms. The maximum atomic E-state index is 16.0. The lowest BCUT2D eigenvalue weighted by Crippen LogP contribution is -2.61. The molecule has 10 atom stereocenters. The zero-order chi connectivity index (χ0) is 94.7. The SMILES string of the molecule is CC(C)C[C@H](NC(=O)[C@H](CCCNC(=O)OC(C)(C)C)NC(=O)[C@@H](NC(=O)[C@@H]1CCCN1C(=O)[C@@H](Cc1ccc2ccc3cccc4ccc1c2c34)NC(=O)[C@H](CC(C)C)NC(=O)[C@H](CCCNC(=O)OC(C)(C)C)NC(=O)[C@H](Cc1ccc([N+](=O)[O-])cc1)NC(=O)[C@@H]1CCCN1C(=O)[C@@H](Cc1ccccc1)NC(=O)OCC1c2ccccc2-c2ccccc21)C(C)C)C(=O)O. The number of alkyl carbamates (subject to hydrolysis) is 3. The molecule has 0 radical (unpaired) electrons. The number of ether oxygens (including phenoxy) is 3. The second-order valence-corrected chi connectivity index (χ2v) is 37.3. The molecule has 3 aliphatic rings. The molecule has 0 unspecified atom stereocenters. The summed E-state index contributed by atoms with van der Waals surface area (Å²) in [6.45, 7) is 20.6. The predicted octanol–water partition coefficient (Wildman–Crippen LogP) is 11.2. The monoisotopic (exact) mass is 1800 g/mol. The summed E-state index contributed by atoms with van der Waals surface area (Å²) in [4.78, 5) is 204. The number of nitro groups is 1. The molecule has 11 N–H and O–H groups in total. The summed E-state index contributed by atoms with van der Waals surface area (Å²) >= 11 is 0. The van der Waals surface area contributed by atoms with Crippen molar-refractivity contribution in [3.8, 4) is 11.1 Å². The van der Waals surface area contributed by atoms with Crippen LogP contribution in [0.5, 0.6) is 0 Å². The number of non-ortho nitro benzene ring substituents is 1. The number of carboxylic acids is 1. The summed E-state index contributed by atoms with van der Waals surface area (Å²) in [5.41, 5.74) is 3.66. The van der Waals surface area contributed by atoms with Crippen molar-refractivity contribution in [2.75, 3.05) is 32.8 Å². The van der Waals surface area contributed by atoms with Crippen molar-refractivity contribution < 1.29 is 86.6 Å². The van der Waals surface area contributed by atoms with E-state index in [0.717, 1.165) is 54.6 Å². The molecule has 698 valence electrons. The zero-order valence-electron chi connectivity index (χ0n) is 76.5. The molecule has 2 aliphatic heterocycles. The first-order valence-corrected chi connectivity index (χ1v) is 45.2. The van der Waals surface area contributed by atoms with E-state index in [0.29, 0.717) is 29.5 Å². The summed E-state index contributed by atoms with van der Waals surface area (Å²) in [7, 11) is 0. The number of carbonyl (C=O) groups excluding carboxylic acids is 12. The fourth-order valence-corrected chi connectivity index (χ4v) is 17.4. The minimum absolute atomic E-state index is 0.00258. The Kier molecular flexibility index (Phi) is 33.3. The number of rotatable bonds is 40. The number of fused-ring (bicyclic) bond motifs is 3. The maximum Gasteiger partial charge on any atom is 0.407 e. The standard InChI is InChI=1S/C99H123N13O19/c1-57(2)51-75(87(115)106-78(55-65-42-41-64-40-39-62-27-20-28-63-43-46-67(65)83(64)82(62)63)93(121)111-50-24-36-81(111)90(118)109-84(59(5)6)91(119)103-74(34-22-48-101-96(125)131-99(10,11)12)86(114)107-79(94(122)123)52-58(3)4)104-85(113)73(33-21-47-100-95(124)130-98(7,8)9)102-88(116)76(53-61-37-44-66(45-38-61)112(127)128)105-89(117)80-35-23-49-110(80)92(120)77(54-60-25-14-13-15-26-60)108-97(126)129-56-72-70-31-18-16-29-68(70)69-30-17-19-32-71(69)72/h13-20,25-32,37-46,57-59,72-81,84H,21-24,33-36,47-56H2,1-12H3,(H,100,124)(H,101,125)(H,102,116)(H,103,119)(H,104,113)(H,105,117)(H,106,115)(H,107,114)(H,108,126)(H,109,118)(H,122,123)/t73-,74-,75-,76-,77+,78+,79-,80-,81-,84-/m0/s1. The van der Waals surface area contributed by atoms with Gasteiger partial charge in [-0.25, -0.2) is 19.2 Å². The Bertz CT molecular complexity index is 5400. The van der Waals surface area contributed by atoms with Crippen LogP contribution in [0.4, 0.5) is 20.1 Å². The van der Waals surface area contributed by atoms with Gasteiger partial charge in [0, 0.05) is 63.5 Å². The van der Waals surface area contributed by atoms with Crippen LogP contribution in [0.1, 0.15) is 181 Å². The Labute approximate surface area is 762 Å². The number of likely N-dealkylation sites (tertiary alicyclic amines) is 2. The third-order valence-corrected chi connectivity index (χ3v) is 23.6. The van der Waals surface area contributed by atoms with Gasteiger partial charge >= 0.3 is 24.2 Å². The number of carboxylic acid groups (broad SMARTS) is 1. The highest BCUT2D eigenvalue weighted by Crippen LogP contribution is 2.45. The van der Waals surface area contributed by atoms with Crippen LogP contribution in [0.3, 0.4) is 0 Å². The molecular weight excluding hydrogens is 1680 g/mol. The molecule has 32 nitrogen and oxygen atoms in total. The van der Waals surface area contributed by atoms with E-state index >= 15 is 33.6 Å². The van der Waals surface area contributed by atoms with Crippen molar-refractivity contribution in [1.29, 1.82) is 0 Å². The van der Waals surface area contributed by atoms with Crippen molar-refractivity contribution in [3.63, 3.8) is 0 Å². The van der Waals surface area contributed by atoms with Crippen molar-refractivity contribution in [2.24, 2.45) is 17.8 Å². The van der Waals surface area contributed by atoms with Gasteiger partial charge in [0.25, 0.3) is 5.69 Å². The molecule has 0 bridgehead atoms. The molecule has 2 heterocycles. The van der Waals surface area contributed by atoms with Gasteiger partial charge < -0.3 is 82.3 Å². The van der Waals surface area contributed by atoms with Gasteiger partial charge in [-0.2, -0.15) is 0 Å².